The van der Waals surface area contributed by atoms with Gasteiger partial charge in [-0.3, -0.25) is 0 Å². The Hall–Kier alpha value is 1.34. The van der Waals surface area contributed by atoms with Gasteiger partial charge in [0, 0.05) is 0 Å². The third-order valence-electron chi connectivity index (χ3n) is 0. The van der Waals surface area contributed by atoms with Crippen molar-refractivity contribution in [1.29, 1.82) is 0 Å². The van der Waals surface area contributed by atoms with Crippen LogP contribution in [0.15, 0.2) is 0 Å². The van der Waals surface area contributed by atoms with E-state index < -0.39 is 13.6 Å². The van der Waals surface area contributed by atoms with E-state index in [1.165, 1.54) is 0 Å². The first-order valence-corrected chi connectivity index (χ1v) is 2.75. The minimum absolute atomic E-state index is 0. The third kappa shape index (κ3) is 117. The third-order valence-corrected chi connectivity index (χ3v) is 0. The molecule has 0 spiro atoms. The van der Waals surface area contributed by atoms with E-state index in [1.807, 2.05) is 0 Å². The van der Waals surface area contributed by atoms with Crippen LogP contribution in [0.1, 0.15) is 0 Å². The molecule has 0 rings (SSSR count). The van der Waals surface area contributed by atoms with E-state index in [-0.39, 0.29) is 39.9 Å². The van der Waals surface area contributed by atoms with Crippen LogP contribution in [0.25, 0.3) is 0 Å². The predicted molar refractivity (Wildman–Crippen MR) is 1.37 cm³/mol. The average Bonchev–Trinajstić information content (AvgIpc) is 0.722. The fraction of sp³-hybridized carbons (Fsp3) is 0. The summed E-state index contributed by atoms with van der Waals surface area (Å²) in [7, 11) is 0. The van der Waals surface area contributed by atoms with Gasteiger partial charge in [0.15, 0.2) is 0 Å². The Kier molecular flexibility index (Phi) is 12.3. The fourth-order valence-corrected chi connectivity index (χ4v) is 0. The Morgan fingerprint density at radius 1 is 1.14 bits per heavy atom. The fourth-order valence-electron chi connectivity index (χ4n) is 0. The van der Waals surface area contributed by atoms with Gasteiger partial charge in [-0.15, -0.1) is 0 Å². The van der Waals surface area contributed by atoms with Crippen molar-refractivity contribution in [3.05, 3.63) is 0 Å². The van der Waals surface area contributed by atoms with Crippen molar-refractivity contribution in [2.24, 2.45) is 0 Å². The molecule has 0 aliphatic carbocycles. The van der Waals surface area contributed by atoms with Gasteiger partial charge in [0.25, 0.3) is 0 Å². The summed E-state index contributed by atoms with van der Waals surface area (Å²) in [6, 6.07) is 0. The van der Waals surface area contributed by atoms with Gasteiger partial charge in [0.1, 0.15) is 0 Å². The molecule has 0 saturated heterocycles. The molecular formula is CrLiMoO4+3. The zero-order chi connectivity index (χ0) is 4.50. The van der Waals surface area contributed by atoms with E-state index in [0.29, 0.717) is 0 Å². The summed E-state index contributed by atoms with van der Waals surface area (Å²) in [4.78, 5) is 0. The van der Waals surface area contributed by atoms with Gasteiger partial charge in [-0.05, 0) is 0 Å². The predicted octanol–water partition coefficient (Wildman–Crippen LogP) is -5.62. The van der Waals surface area contributed by atoms with Crippen LogP contribution in [0.2, 0.25) is 0 Å². The molecule has 0 amide bonds. The molecular weight excluding hydrogens is 219 g/mol. The molecule has 0 atom stereocenters. The van der Waals surface area contributed by atoms with Crippen molar-refractivity contribution in [3.8, 4) is 0 Å². The SMILES string of the molecule is [Li+].[Mo+4].[O]=[Cr](=[O])([O-])[O-]. The van der Waals surface area contributed by atoms with Crippen LogP contribution in [0.3, 0.4) is 0 Å². The summed E-state index contributed by atoms with van der Waals surface area (Å²) >= 11 is -5.75. The van der Waals surface area contributed by atoms with Gasteiger partial charge in [-0.2, -0.15) is 0 Å². The number of hydrogen-bond acceptors (Lipinski definition) is 4. The van der Waals surface area contributed by atoms with Gasteiger partial charge in [0.2, 0.25) is 0 Å². The zero-order valence-electron chi connectivity index (χ0n) is 3.45. The van der Waals surface area contributed by atoms with Crippen molar-refractivity contribution in [2.45, 2.75) is 0 Å². The molecule has 0 N–H and O–H groups in total. The Balaban J connectivity index is -0.0000000800. The first kappa shape index (κ1) is 15.8. The Morgan fingerprint density at radius 2 is 1.14 bits per heavy atom. The quantitative estimate of drug-likeness (QED) is 0.380. The molecule has 0 saturated carbocycles. The molecule has 0 aliphatic heterocycles. The van der Waals surface area contributed by atoms with Crippen LogP contribution in [-0.4, -0.2) is 0 Å². The van der Waals surface area contributed by atoms with E-state index in [2.05, 4.69) is 0 Å². The molecule has 4 nitrogen and oxygen atoms in total. The molecule has 0 radical (unpaired) electrons. The molecule has 0 aromatic heterocycles. The van der Waals surface area contributed by atoms with E-state index in [9.17, 15) is 0 Å². The summed E-state index contributed by atoms with van der Waals surface area (Å²) in [6.07, 6.45) is 0. The molecule has 0 bridgehead atoms. The maximum absolute atomic E-state index is 8.59. The standard InChI is InChI=1S/Cr.Li.Mo.4O/q;+1;+4;;;2*-1. The first-order chi connectivity index (χ1) is 2.00. The minimum atomic E-state index is -5.75. The number of hydrogen-bond donors (Lipinski definition) is 0. The van der Waals surface area contributed by atoms with Crippen LogP contribution in [0.4, 0.5) is 0 Å². The van der Waals surface area contributed by atoms with Gasteiger partial charge < -0.3 is 0 Å². The Labute approximate surface area is 69.1 Å². The molecule has 0 aromatic carbocycles. The van der Waals surface area contributed by atoms with Gasteiger partial charge in [-0.1, -0.05) is 0 Å². The second kappa shape index (κ2) is 5.47. The van der Waals surface area contributed by atoms with E-state index in [4.69, 9.17) is 15.9 Å². The van der Waals surface area contributed by atoms with Crippen LogP contribution < -0.4 is 27.2 Å². The molecule has 0 aromatic rings. The summed E-state index contributed by atoms with van der Waals surface area (Å²) in [5.41, 5.74) is 0. The van der Waals surface area contributed by atoms with Gasteiger partial charge >= 0.3 is 69.5 Å². The monoisotopic (exact) mass is 221 g/mol. The molecule has 0 fully saturated rings. The van der Waals surface area contributed by atoms with Crippen LogP contribution in [0.5, 0.6) is 0 Å². The molecule has 34 valence electrons. The summed E-state index contributed by atoms with van der Waals surface area (Å²) in [5.74, 6) is 0. The number of rotatable bonds is 0. The molecule has 7 heteroatoms. The van der Waals surface area contributed by atoms with Crippen LogP contribution in [-0.2, 0) is 42.3 Å². The van der Waals surface area contributed by atoms with Crippen molar-refractivity contribution in [1.82, 2.24) is 0 Å². The summed E-state index contributed by atoms with van der Waals surface area (Å²) < 4.78 is 34.4. The second-order valence-corrected chi connectivity index (χ2v) is 1.68. The molecule has 0 unspecified atom stereocenters. The van der Waals surface area contributed by atoms with E-state index >= 15 is 0 Å². The van der Waals surface area contributed by atoms with Crippen LogP contribution >= 0.6 is 0 Å². The Bertz CT molecular complexity index is 94.9. The first-order valence-electron chi connectivity index (χ1n) is 0.667. The van der Waals surface area contributed by atoms with E-state index in [1.54, 1.807) is 0 Å². The topological polar surface area (TPSA) is 80.3 Å². The molecule has 7 heavy (non-hydrogen) atoms. The molecule has 0 aliphatic rings. The Morgan fingerprint density at radius 3 is 1.14 bits per heavy atom. The van der Waals surface area contributed by atoms with Gasteiger partial charge in [-0.25, -0.2) is 0 Å². The van der Waals surface area contributed by atoms with E-state index in [0.717, 1.165) is 0 Å². The molecule has 0 heterocycles. The second-order valence-electron chi connectivity index (χ2n) is 0.408. The maximum atomic E-state index is 8.59. The normalized spacial score (nSPS) is 8.29. The van der Waals surface area contributed by atoms with Gasteiger partial charge in [0.05, 0.1) is 0 Å². The average molecular weight is 219 g/mol. The van der Waals surface area contributed by atoms with Crippen molar-refractivity contribution in [2.75, 3.05) is 0 Å². The van der Waals surface area contributed by atoms with Crippen molar-refractivity contribution >= 4 is 0 Å². The van der Waals surface area contributed by atoms with Crippen LogP contribution in [0, 0.1) is 0 Å². The summed E-state index contributed by atoms with van der Waals surface area (Å²) in [5, 5.41) is 0. The summed E-state index contributed by atoms with van der Waals surface area (Å²) in [6.45, 7) is 0. The van der Waals surface area contributed by atoms with Crippen molar-refractivity contribution < 1.29 is 69.5 Å². The zero-order valence-corrected chi connectivity index (χ0v) is 6.73. The van der Waals surface area contributed by atoms with Crippen molar-refractivity contribution in [3.63, 3.8) is 0 Å².